The fraction of sp³-hybridized carbons (Fsp3) is 1.00. The third kappa shape index (κ3) is 2.30. The van der Waals surface area contributed by atoms with Gasteiger partial charge in [-0.15, -0.1) is 0 Å². The van der Waals surface area contributed by atoms with Gasteiger partial charge in [0.1, 0.15) is 0 Å². The van der Waals surface area contributed by atoms with E-state index in [9.17, 15) is 0 Å². The number of hydrogen-bond donors (Lipinski definition) is 3. The summed E-state index contributed by atoms with van der Waals surface area (Å²) >= 11 is 0. The highest BCUT2D eigenvalue weighted by atomic mass is 16.3. The van der Waals surface area contributed by atoms with Crippen LogP contribution in [0.15, 0.2) is 0 Å². The van der Waals surface area contributed by atoms with Crippen LogP contribution in [0.3, 0.4) is 0 Å². The highest BCUT2D eigenvalue weighted by Gasteiger charge is 2.23. The van der Waals surface area contributed by atoms with E-state index in [1.54, 1.807) is 6.92 Å². The van der Waals surface area contributed by atoms with Crippen LogP contribution in [0, 0.1) is 0 Å². The Morgan fingerprint density at radius 3 is 2.22 bits per heavy atom. The molecule has 0 aromatic carbocycles. The van der Waals surface area contributed by atoms with Crippen LogP contribution in [0.1, 0.15) is 20.3 Å². The molecule has 0 bridgehead atoms. The van der Waals surface area contributed by atoms with Gasteiger partial charge in [0, 0.05) is 6.04 Å². The molecule has 0 aliphatic carbocycles. The van der Waals surface area contributed by atoms with Gasteiger partial charge in [0.25, 0.3) is 0 Å². The van der Waals surface area contributed by atoms with Gasteiger partial charge in [-0.1, -0.05) is 6.92 Å². The van der Waals surface area contributed by atoms with Crippen LogP contribution in [0.2, 0.25) is 0 Å². The first-order valence-electron chi connectivity index (χ1n) is 3.20. The van der Waals surface area contributed by atoms with Crippen molar-refractivity contribution in [2.75, 3.05) is 6.61 Å². The molecule has 3 heteroatoms. The van der Waals surface area contributed by atoms with E-state index >= 15 is 0 Å². The Hall–Kier alpha value is -0.120. The molecule has 0 aliphatic heterocycles. The van der Waals surface area contributed by atoms with E-state index in [4.69, 9.17) is 16.6 Å². The van der Waals surface area contributed by atoms with Gasteiger partial charge in [-0.25, -0.2) is 0 Å². The summed E-state index contributed by atoms with van der Waals surface area (Å²) < 4.78 is 0. The Morgan fingerprint density at radius 1 is 1.67 bits per heavy atom. The fourth-order valence-electron chi connectivity index (χ4n) is 0.584. The molecular formula is C6H16N2O. The lowest BCUT2D eigenvalue weighted by Gasteiger charge is -2.28. The third-order valence-electron chi connectivity index (χ3n) is 1.63. The Kier molecular flexibility index (Phi) is 3.11. The van der Waals surface area contributed by atoms with Crippen LogP contribution in [0.5, 0.6) is 0 Å². The molecule has 3 nitrogen and oxygen atoms in total. The van der Waals surface area contributed by atoms with Crippen LogP contribution in [-0.4, -0.2) is 23.3 Å². The second-order valence-electron chi connectivity index (χ2n) is 2.68. The predicted octanol–water partition coefficient (Wildman–Crippen LogP) is -0.567. The van der Waals surface area contributed by atoms with Crippen LogP contribution in [0.4, 0.5) is 0 Å². The van der Waals surface area contributed by atoms with Crippen LogP contribution >= 0.6 is 0 Å². The topological polar surface area (TPSA) is 72.3 Å². The molecule has 56 valence electrons. The van der Waals surface area contributed by atoms with Crippen LogP contribution < -0.4 is 11.5 Å². The summed E-state index contributed by atoms with van der Waals surface area (Å²) in [7, 11) is 0. The molecule has 0 saturated carbocycles. The second kappa shape index (κ2) is 3.15. The number of hydrogen-bond acceptors (Lipinski definition) is 3. The molecule has 0 fully saturated rings. The number of aliphatic hydroxyl groups excluding tert-OH is 1. The molecule has 2 unspecified atom stereocenters. The minimum atomic E-state index is -0.616. The van der Waals surface area contributed by atoms with Crippen molar-refractivity contribution in [3.8, 4) is 0 Å². The molecule has 9 heavy (non-hydrogen) atoms. The summed E-state index contributed by atoms with van der Waals surface area (Å²) in [4.78, 5) is 0. The largest absolute Gasteiger partial charge is 0.394 e. The van der Waals surface area contributed by atoms with Crippen molar-refractivity contribution in [1.29, 1.82) is 0 Å². The van der Waals surface area contributed by atoms with Crippen molar-refractivity contribution in [3.05, 3.63) is 0 Å². The van der Waals surface area contributed by atoms with E-state index in [1.165, 1.54) is 0 Å². The van der Waals surface area contributed by atoms with Crippen molar-refractivity contribution in [2.45, 2.75) is 31.8 Å². The summed E-state index contributed by atoms with van der Waals surface area (Å²) in [5, 5.41) is 8.69. The summed E-state index contributed by atoms with van der Waals surface area (Å²) in [6.45, 7) is 3.65. The Morgan fingerprint density at radius 2 is 2.11 bits per heavy atom. The maximum absolute atomic E-state index is 8.69. The molecule has 0 aliphatic rings. The highest BCUT2D eigenvalue weighted by molar-refractivity contribution is 4.88. The van der Waals surface area contributed by atoms with Gasteiger partial charge in [-0.05, 0) is 13.3 Å². The van der Waals surface area contributed by atoms with Crippen molar-refractivity contribution < 1.29 is 5.11 Å². The van der Waals surface area contributed by atoms with Crippen molar-refractivity contribution in [1.82, 2.24) is 0 Å². The lowest BCUT2D eigenvalue weighted by atomic mass is 9.93. The first-order chi connectivity index (χ1) is 4.04. The first kappa shape index (κ1) is 8.88. The standard InChI is InChI=1S/C6H16N2O/c1-3-5(7)6(2,8)4-9/h5,9H,3-4,7-8H2,1-2H3. The molecule has 0 heterocycles. The lowest BCUT2D eigenvalue weighted by molar-refractivity contribution is 0.183. The van der Waals surface area contributed by atoms with Gasteiger partial charge in [-0.3, -0.25) is 0 Å². The van der Waals surface area contributed by atoms with Gasteiger partial charge >= 0.3 is 0 Å². The van der Waals surface area contributed by atoms with Gasteiger partial charge in [0.05, 0.1) is 12.1 Å². The van der Waals surface area contributed by atoms with E-state index in [1.807, 2.05) is 6.92 Å². The minimum absolute atomic E-state index is 0.0536. The van der Waals surface area contributed by atoms with E-state index in [0.29, 0.717) is 0 Å². The zero-order valence-corrected chi connectivity index (χ0v) is 6.09. The monoisotopic (exact) mass is 132 g/mol. The molecule has 0 aromatic rings. The maximum atomic E-state index is 8.69. The molecular weight excluding hydrogens is 116 g/mol. The van der Waals surface area contributed by atoms with Gasteiger partial charge in [0.2, 0.25) is 0 Å². The Balaban J connectivity index is 3.80. The summed E-state index contributed by atoms with van der Waals surface area (Å²) in [6.07, 6.45) is 0.799. The Labute approximate surface area is 56.0 Å². The van der Waals surface area contributed by atoms with E-state index in [2.05, 4.69) is 0 Å². The Bertz CT molecular complexity index is 83.1. The van der Waals surface area contributed by atoms with Crippen LogP contribution in [-0.2, 0) is 0 Å². The van der Waals surface area contributed by atoms with E-state index in [0.717, 1.165) is 6.42 Å². The number of nitrogens with two attached hydrogens (primary N) is 2. The molecule has 0 amide bonds. The van der Waals surface area contributed by atoms with Gasteiger partial charge in [0.15, 0.2) is 0 Å². The minimum Gasteiger partial charge on any atom is -0.394 e. The lowest BCUT2D eigenvalue weighted by Crippen LogP contribution is -2.55. The van der Waals surface area contributed by atoms with E-state index in [-0.39, 0.29) is 12.6 Å². The summed E-state index contributed by atoms with van der Waals surface area (Å²) in [6, 6.07) is -0.109. The molecule has 0 saturated heterocycles. The van der Waals surface area contributed by atoms with E-state index < -0.39 is 5.54 Å². The normalized spacial score (nSPS) is 21.0. The van der Waals surface area contributed by atoms with Crippen LogP contribution in [0.25, 0.3) is 0 Å². The average Bonchev–Trinajstić information content (AvgIpc) is 1.86. The zero-order valence-electron chi connectivity index (χ0n) is 6.09. The quantitative estimate of drug-likeness (QED) is 0.481. The summed E-state index contributed by atoms with van der Waals surface area (Å²) in [5.74, 6) is 0. The van der Waals surface area contributed by atoms with Crippen molar-refractivity contribution in [3.63, 3.8) is 0 Å². The predicted molar refractivity (Wildman–Crippen MR) is 37.9 cm³/mol. The van der Waals surface area contributed by atoms with Crippen molar-refractivity contribution >= 4 is 0 Å². The number of aliphatic hydroxyl groups is 1. The van der Waals surface area contributed by atoms with Crippen molar-refractivity contribution in [2.24, 2.45) is 11.5 Å². The SMILES string of the molecule is CCC(N)C(C)(N)CO. The average molecular weight is 132 g/mol. The second-order valence-corrected chi connectivity index (χ2v) is 2.68. The smallest absolute Gasteiger partial charge is 0.0623 e. The first-order valence-corrected chi connectivity index (χ1v) is 3.20. The molecule has 0 aromatic heterocycles. The molecule has 0 radical (unpaired) electrons. The molecule has 0 spiro atoms. The molecule has 2 atom stereocenters. The van der Waals surface area contributed by atoms with Gasteiger partial charge < -0.3 is 16.6 Å². The third-order valence-corrected chi connectivity index (χ3v) is 1.63. The number of rotatable bonds is 3. The zero-order chi connectivity index (χ0) is 7.49. The highest BCUT2D eigenvalue weighted by Crippen LogP contribution is 2.04. The molecule has 5 N–H and O–H groups in total. The molecule has 0 rings (SSSR count). The summed E-state index contributed by atoms with van der Waals surface area (Å²) in [5.41, 5.74) is 10.6. The fourth-order valence-corrected chi connectivity index (χ4v) is 0.584. The van der Waals surface area contributed by atoms with Gasteiger partial charge in [-0.2, -0.15) is 0 Å². The maximum Gasteiger partial charge on any atom is 0.0623 e.